The van der Waals surface area contributed by atoms with Gasteiger partial charge >= 0.3 is 0 Å². The molecule has 2 heteroatoms. The molecule has 1 aromatic carbocycles. The molecule has 1 N–H and O–H groups in total. The Morgan fingerprint density at radius 1 is 1.25 bits per heavy atom. The van der Waals surface area contributed by atoms with Gasteiger partial charge in [0.25, 0.3) is 0 Å². The Bertz CT molecular complexity index is 521. The molecule has 1 saturated carbocycles. The van der Waals surface area contributed by atoms with Crippen LogP contribution in [0.2, 0.25) is 0 Å². The van der Waals surface area contributed by atoms with E-state index in [2.05, 4.69) is 17.1 Å². The normalized spacial score (nSPS) is 17.0. The molecule has 1 aliphatic carbocycles. The molecule has 0 unspecified atom stereocenters. The van der Waals surface area contributed by atoms with Crippen LogP contribution in [0.4, 0.5) is 0 Å². The lowest BCUT2D eigenvalue weighted by Gasteiger charge is -2.04. The number of benzene rings is 1. The maximum atomic E-state index is 10.9. The molecular weight excluding hydrogens is 198 g/mol. The molecule has 0 spiro atoms. The molecule has 2 aromatic rings. The predicted molar refractivity (Wildman–Crippen MR) is 64.9 cm³/mol. The van der Waals surface area contributed by atoms with Crippen molar-refractivity contribution >= 4 is 17.2 Å². The van der Waals surface area contributed by atoms with E-state index in [9.17, 15) is 4.79 Å². The number of H-pyrrole nitrogens is 1. The number of nitrogens with one attached hydrogen (secondary N) is 1. The van der Waals surface area contributed by atoms with E-state index in [1.807, 2.05) is 12.1 Å². The first-order valence-corrected chi connectivity index (χ1v) is 5.95. The number of rotatable bonds is 2. The van der Waals surface area contributed by atoms with E-state index < -0.39 is 0 Å². The SMILES string of the molecule is O=Cc1cccc2cc(C3CCCC3)[nH]c12. The summed E-state index contributed by atoms with van der Waals surface area (Å²) in [5.41, 5.74) is 3.07. The van der Waals surface area contributed by atoms with E-state index in [0.717, 1.165) is 22.8 Å². The lowest BCUT2D eigenvalue weighted by atomic mass is 10.0. The zero-order valence-electron chi connectivity index (χ0n) is 9.20. The summed E-state index contributed by atoms with van der Waals surface area (Å²) in [4.78, 5) is 14.4. The average molecular weight is 213 g/mol. The van der Waals surface area contributed by atoms with E-state index in [4.69, 9.17) is 0 Å². The Kier molecular flexibility index (Phi) is 2.28. The van der Waals surface area contributed by atoms with Crippen LogP contribution in [0.5, 0.6) is 0 Å². The quantitative estimate of drug-likeness (QED) is 0.759. The maximum Gasteiger partial charge on any atom is 0.152 e. The Morgan fingerprint density at radius 2 is 2.06 bits per heavy atom. The third-order valence-electron chi connectivity index (χ3n) is 3.63. The molecule has 0 aliphatic heterocycles. The fourth-order valence-electron chi connectivity index (χ4n) is 2.76. The van der Waals surface area contributed by atoms with E-state index in [1.165, 1.54) is 31.4 Å². The smallest absolute Gasteiger partial charge is 0.152 e. The summed E-state index contributed by atoms with van der Waals surface area (Å²) in [5.74, 6) is 0.673. The number of carbonyl (C=O) groups is 1. The van der Waals surface area contributed by atoms with Crippen LogP contribution in [0, 0.1) is 0 Å². The molecule has 0 bridgehead atoms. The first-order valence-electron chi connectivity index (χ1n) is 5.95. The van der Waals surface area contributed by atoms with Crippen molar-refractivity contribution < 1.29 is 4.79 Å². The van der Waals surface area contributed by atoms with E-state index in [-0.39, 0.29) is 0 Å². The molecule has 82 valence electrons. The minimum Gasteiger partial charge on any atom is -0.358 e. The topological polar surface area (TPSA) is 32.9 Å². The van der Waals surface area contributed by atoms with Gasteiger partial charge in [0.15, 0.2) is 6.29 Å². The van der Waals surface area contributed by atoms with Gasteiger partial charge in [0, 0.05) is 16.6 Å². The zero-order valence-corrected chi connectivity index (χ0v) is 9.20. The lowest BCUT2D eigenvalue weighted by molar-refractivity contribution is 0.112. The molecule has 3 rings (SSSR count). The minimum absolute atomic E-state index is 0.673. The highest BCUT2D eigenvalue weighted by Gasteiger charge is 2.19. The summed E-state index contributed by atoms with van der Waals surface area (Å²) >= 11 is 0. The van der Waals surface area contributed by atoms with Crippen molar-refractivity contribution in [1.29, 1.82) is 0 Å². The third-order valence-corrected chi connectivity index (χ3v) is 3.63. The van der Waals surface area contributed by atoms with Gasteiger partial charge < -0.3 is 4.98 Å². The first kappa shape index (κ1) is 9.64. The van der Waals surface area contributed by atoms with Crippen molar-refractivity contribution in [3.05, 3.63) is 35.5 Å². The monoisotopic (exact) mass is 213 g/mol. The van der Waals surface area contributed by atoms with Gasteiger partial charge in [-0.2, -0.15) is 0 Å². The molecule has 1 aromatic heterocycles. The summed E-state index contributed by atoms with van der Waals surface area (Å²) in [6, 6.07) is 8.08. The van der Waals surface area contributed by atoms with Crippen LogP contribution in [0.25, 0.3) is 10.9 Å². The van der Waals surface area contributed by atoms with E-state index in [0.29, 0.717) is 5.92 Å². The maximum absolute atomic E-state index is 10.9. The van der Waals surface area contributed by atoms with Crippen LogP contribution in [0.15, 0.2) is 24.3 Å². The van der Waals surface area contributed by atoms with Crippen molar-refractivity contribution in [2.75, 3.05) is 0 Å². The highest BCUT2D eigenvalue weighted by Crippen LogP contribution is 2.35. The molecule has 1 fully saturated rings. The fourth-order valence-corrected chi connectivity index (χ4v) is 2.76. The van der Waals surface area contributed by atoms with Crippen LogP contribution >= 0.6 is 0 Å². The summed E-state index contributed by atoms with van der Waals surface area (Å²) in [6.07, 6.45) is 6.16. The van der Waals surface area contributed by atoms with Gasteiger partial charge in [0.05, 0.1) is 5.52 Å². The predicted octanol–water partition coefficient (Wildman–Crippen LogP) is 3.64. The summed E-state index contributed by atoms with van der Waals surface area (Å²) < 4.78 is 0. The van der Waals surface area contributed by atoms with Crippen molar-refractivity contribution in [3.63, 3.8) is 0 Å². The summed E-state index contributed by atoms with van der Waals surface area (Å²) in [7, 11) is 0. The Labute approximate surface area is 94.7 Å². The first-order chi connectivity index (χ1) is 7.88. The highest BCUT2D eigenvalue weighted by atomic mass is 16.1. The number of fused-ring (bicyclic) bond motifs is 1. The number of hydrogen-bond acceptors (Lipinski definition) is 1. The van der Waals surface area contributed by atoms with Gasteiger partial charge in [-0.15, -0.1) is 0 Å². The molecule has 1 heterocycles. The number of aromatic amines is 1. The van der Waals surface area contributed by atoms with Crippen LogP contribution < -0.4 is 0 Å². The largest absolute Gasteiger partial charge is 0.358 e. The average Bonchev–Trinajstić information content (AvgIpc) is 2.96. The zero-order chi connectivity index (χ0) is 11.0. The van der Waals surface area contributed by atoms with E-state index >= 15 is 0 Å². The fraction of sp³-hybridized carbons (Fsp3) is 0.357. The van der Waals surface area contributed by atoms with Crippen LogP contribution in [0.1, 0.15) is 47.7 Å². The lowest BCUT2D eigenvalue weighted by Crippen LogP contribution is -1.91. The molecule has 16 heavy (non-hydrogen) atoms. The second-order valence-electron chi connectivity index (χ2n) is 4.64. The highest BCUT2D eigenvalue weighted by molar-refractivity contribution is 5.96. The van der Waals surface area contributed by atoms with Crippen LogP contribution in [-0.4, -0.2) is 11.3 Å². The second-order valence-corrected chi connectivity index (χ2v) is 4.64. The van der Waals surface area contributed by atoms with Crippen LogP contribution in [0.3, 0.4) is 0 Å². The molecule has 0 atom stereocenters. The van der Waals surface area contributed by atoms with Gasteiger partial charge in [-0.05, 0) is 30.9 Å². The Morgan fingerprint density at radius 3 is 2.81 bits per heavy atom. The van der Waals surface area contributed by atoms with Crippen molar-refractivity contribution in [3.8, 4) is 0 Å². The van der Waals surface area contributed by atoms with Crippen molar-refractivity contribution in [1.82, 2.24) is 4.98 Å². The molecule has 0 amide bonds. The van der Waals surface area contributed by atoms with Gasteiger partial charge in [0.1, 0.15) is 0 Å². The molecule has 1 aliphatic rings. The number of aromatic nitrogens is 1. The molecule has 0 saturated heterocycles. The Balaban J connectivity index is 2.11. The van der Waals surface area contributed by atoms with Gasteiger partial charge in [-0.3, -0.25) is 4.79 Å². The summed E-state index contributed by atoms with van der Waals surface area (Å²) in [6.45, 7) is 0. The third kappa shape index (κ3) is 1.45. The van der Waals surface area contributed by atoms with Gasteiger partial charge in [-0.25, -0.2) is 0 Å². The van der Waals surface area contributed by atoms with E-state index in [1.54, 1.807) is 0 Å². The minimum atomic E-state index is 0.673. The number of para-hydroxylation sites is 1. The molecule has 2 nitrogen and oxygen atoms in total. The molecular formula is C14H15NO. The van der Waals surface area contributed by atoms with Crippen LogP contribution in [-0.2, 0) is 0 Å². The second kappa shape index (κ2) is 3.78. The van der Waals surface area contributed by atoms with Crippen molar-refractivity contribution in [2.45, 2.75) is 31.6 Å². The van der Waals surface area contributed by atoms with Gasteiger partial charge in [0.2, 0.25) is 0 Å². The van der Waals surface area contributed by atoms with Crippen molar-refractivity contribution in [2.24, 2.45) is 0 Å². The number of carbonyl (C=O) groups excluding carboxylic acids is 1. The number of hydrogen-bond donors (Lipinski definition) is 1. The standard InChI is InChI=1S/C14H15NO/c16-9-12-7-3-6-11-8-13(15-14(11)12)10-4-1-2-5-10/h3,6-10,15H,1-2,4-5H2. The Hall–Kier alpha value is -1.57. The number of aldehydes is 1. The van der Waals surface area contributed by atoms with Gasteiger partial charge in [-0.1, -0.05) is 25.0 Å². The molecule has 0 radical (unpaired) electrons. The summed E-state index contributed by atoms with van der Waals surface area (Å²) in [5, 5.41) is 1.16.